The van der Waals surface area contributed by atoms with Gasteiger partial charge in [-0.3, -0.25) is 0 Å². The fourth-order valence-corrected chi connectivity index (χ4v) is 3.02. The molecule has 1 aromatic carbocycles. The van der Waals surface area contributed by atoms with Crippen LogP contribution in [0.5, 0.6) is 0 Å². The van der Waals surface area contributed by atoms with Crippen LogP contribution in [-0.4, -0.2) is 10.7 Å². The van der Waals surface area contributed by atoms with Crippen LogP contribution in [0.1, 0.15) is 39.0 Å². The van der Waals surface area contributed by atoms with Crippen molar-refractivity contribution in [2.24, 2.45) is 0 Å². The van der Waals surface area contributed by atoms with E-state index in [4.69, 9.17) is 23.8 Å². The maximum Gasteiger partial charge on any atom is 0.171 e. The highest BCUT2D eigenvalue weighted by molar-refractivity contribution is 7.80. The summed E-state index contributed by atoms with van der Waals surface area (Å²) >= 11 is 11.2. The molecule has 2 nitrogen and oxygen atoms in total. The molecule has 1 saturated carbocycles. The number of benzene rings is 1. The lowest BCUT2D eigenvalue weighted by Crippen LogP contribution is -2.47. The molecule has 0 spiro atoms. The highest BCUT2D eigenvalue weighted by Crippen LogP contribution is 2.32. The van der Waals surface area contributed by atoms with Gasteiger partial charge in [0, 0.05) is 16.2 Å². The lowest BCUT2D eigenvalue weighted by Gasteiger charge is -2.30. The Morgan fingerprint density at radius 1 is 1.28 bits per heavy atom. The van der Waals surface area contributed by atoms with Crippen LogP contribution in [0.3, 0.4) is 0 Å². The monoisotopic (exact) mass is 282 g/mol. The Bertz CT molecular complexity index is 410. The first kappa shape index (κ1) is 13.6. The van der Waals surface area contributed by atoms with Gasteiger partial charge in [0.15, 0.2) is 5.11 Å². The zero-order valence-electron chi connectivity index (χ0n) is 10.6. The Hall–Kier alpha value is -0.800. The van der Waals surface area contributed by atoms with Crippen LogP contribution < -0.4 is 10.6 Å². The topological polar surface area (TPSA) is 24.1 Å². The predicted molar refractivity (Wildman–Crippen MR) is 82.3 cm³/mol. The number of anilines is 1. The summed E-state index contributed by atoms with van der Waals surface area (Å²) in [5, 5.41) is 8.15. The third-order valence-electron chi connectivity index (χ3n) is 3.72. The highest BCUT2D eigenvalue weighted by Gasteiger charge is 2.32. The summed E-state index contributed by atoms with van der Waals surface area (Å²) in [6.45, 7) is 2.23. The Morgan fingerprint density at radius 3 is 2.44 bits per heavy atom. The van der Waals surface area contributed by atoms with E-state index < -0.39 is 0 Å². The number of halogens is 1. The van der Waals surface area contributed by atoms with Crippen molar-refractivity contribution in [2.75, 3.05) is 5.32 Å². The van der Waals surface area contributed by atoms with Crippen molar-refractivity contribution in [3.8, 4) is 0 Å². The van der Waals surface area contributed by atoms with Crippen LogP contribution in [0, 0.1) is 0 Å². The van der Waals surface area contributed by atoms with Crippen molar-refractivity contribution < 1.29 is 0 Å². The molecule has 98 valence electrons. The molecule has 1 fully saturated rings. The van der Waals surface area contributed by atoms with Crippen molar-refractivity contribution in [3.05, 3.63) is 29.3 Å². The maximum absolute atomic E-state index is 5.85. The van der Waals surface area contributed by atoms with E-state index in [2.05, 4.69) is 17.6 Å². The molecule has 2 rings (SSSR count). The lowest BCUT2D eigenvalue weighted by molar-refractivity contribution is 0.378. The molecule has 1 aromatic rings. The molecule has 0 aliphatic heterocycles. The van der Waals surface area contributed by atoms with E-state index in [1.165, 1.54) is 25.7 Å². The second-order valence-corrected chi connectivity index (χ2v) is 5.77. The summed E-state index contributed by atoms with van der Waals surface area (Å²) in [7, 11) is 0. The quantitative estimate of drug-likeness (QED) is 0.806. The number of hydrogen-bond donors (Lipinski definition) is 2. The molecule has 0 radical (unpaired) electrons. The summed E-state index contributed by atoms with van der Waals surface area (Å²) in [6, 6.07) is 7.59. The average Bonchev–Trinajstić information content (AvgIpc) is 2.81. The molecule has 0 atom stereocenters. The van der Waals surface area contributed by atoms with Gasteiger partial charge in [-0.25, -0.2) is 0 Å². The first-order valence-electron chi connectivity index (χ1n) is 6.48. The van der Waals surface area contributed by atoms with Gasteiger partial charge in [0.1, 0.15) is 0 Å². The largest absolute Gasteiger partial charge is 0.357 e. The second kappa shape index (κ2) is 5.89. The molecule has 0 heterocycles. The van der Waals surface area contributed by atoms with Gasteiger partial charge >= 0.3 is 0 Å². The normalized spacial score (nSPS) is 17.4. The molecule has 0 saturated heterocycles. The Balaban J connectivity index is 1.94. The zero-order chi connectivity index (χ0) is 13.0. The summed E-state index contributed by atoms with van der Waals surface area (Å²) in [5.41, 5.74) is 1.18. The molecule has 4 heteroatoms. The first-order chi connectivity index (χ1) is 8.63. The SMILES string of the molecule is CCC1(NC(=S)Nc2ccc(Cl)cc2)CCCC1. The summed E-state index contributed by atoms with van der Waals surface area (Å²) < 4.78 is 0. The second-order valence-electron chi connectivity index (χ2n) is 4.93. The molecule has 2 N–H and O–H groups in total. The Labute approximate surface area is 119 Å². The van der Waals surface area contributed by atoms with Gasteiger partial charge in [-0.1, -0.05) is 31.4 Å². The maximum atomic E-state index is 5.85. The summed E-state index contributed by atoms with van der Waals surface area (Å²) in [4.78, 5) is 0. The van der Waals surface area contributed by atoms with Crippen LogP contribution >= 0.6 is 23.8 Å². The molecule has 0 amide bonds. The molecule has 1 aliphatic carbocycles. The molecule has 0 unspecified atom stereocenters. The van der Waals surface area contributed by atoms with Gasteiger partial charge in [0.2, 0.25) is 0 Å². The van der Waals surface area contributed by atoms with Crippen LogP contribution in [0.2, 0.25) is 5.02 Å². The highest BCUT2D eigenvalue weighted by atomic mass is 35.5. The molecule has 18 heavy (non-hydrogen) atoms. The predicted octanol–water partition coefficient (Wildman–Crippen LogP) is 4.35. The van der Waals surface area contributed by atoms with E-state index in [0.717, 1.165) is 17.1 Å². The minimum Gasteiger partial charge on any atom is -0.357 e. The lowest BCUT2D eigenvalue weighted by atomic mass is 9.95. The van der Waals surface area contributed by atoms with Crippen molar-refractivity contribution in [1.29, 1.82) is 0 Å². The van der Waals surface area contributed by atoms with E-state index in [0.29, 0.717) is 5.11 Å². The van der Waals surface area contributed by atoms with Crippen molar-refractivity contribution in [1.82, 2.24) is 5.32 Å². The first-order valence-corrected chi connectivity index (χ1v) is 7.27. The van der Waals surface area contributed by atoms with E-state index in [9.17, 15) is 0 Å². The fraction of sp³-hybridized carbons (Fsp3) is 0.500. The van der Waals surface area contributed by atoms with Gasteiger partial charge in [-0.05, 0) is 55.7 Å². The smallest absolute Gasteiger partial charge is 0.171 e. The third kappa shape index (κ3) is 3.36. The van der Waals surface area contributed by atoms with E-state index in [1.54, 1.807) is 0 Å². The van der Waals surface area contributed by atoms with Gasteiger partial charge in [-0.2, -0.15) is 0 Å². The van der Waals surface area contributed by atoms with Gasteiger partial charge in [-0.15, -0.1) is 0 Å². The third-order valence-corrected chi connectivity index (χ3v) is 4.17. The number of hydrogen-bond acceptors (Lipinski definition) is 1. The van der Waals surface area contributed by atoms with E-state index >= 15 is 0 Å². The Kier molecular flexibility index (Phi) is 4.46. The van der Waals surface area contributed by atoms with Crippen LogP contribution in [-0.2, 0) is 0 Å². The van der Waals surface area contributed by atoms with Crippen LogP contribution in [0.15, 0.2) is 24.3 Å². The number of nitrogens with one attached hydrogen (secondary N) is 2. The van der Waals surface area contributed by atoms with Gasteiger partial charge in [0.25, 0.3) is 0 Å². The average molecular weight is 283 g/mol. The molecule has 1 aliphatic rings. The molecular formula is C14H19ClN2S. The van der Waals surface area contributed by atoms with E-state index in [1.807, 2.05) is 24.3 Å². The van der Waals surface area contributed by atoms with Gasteiger partial charge in [0.05, 0.1) is 0 Å². The Morgan fingerprint density at radius 2 is 1.89 bits per heavy atom. The minimum atomic E-state index is 0.205. The minimum absolute atomic E-state index is 0.205. The standard InChI is InChI=1S/C14H19ClN2S/c1-2-14(9-3-4-10-14)17-13(18)16-12-7-5-11(15)6-8-12/h5-8H,2-4,9-10H2,1H3,(H2,16,17,18). The fourth-order valence-electron chi connectivity index (χ4n) is 2.56. The van der Waals surface area contributed by atoms with E-state index in [-0.39, 0.29) is 5.54 Å². The summed E-state index contributed by atoms with van der Waals surface area (Å²) in [5.74, 6) is 0. The zero-order valence-corrected chi connectivity index (χ0v) is 12.2. The van der Waals surface area contributed by atoms with Crippen molar-refractivity contribution in [2.45, 2.75) is 44.6 Å². The summed E-state index contributed by atoms with van der Waals surface area (Å²) in [6.07, 6.45) is 6.14. The van der Waals surface area contributed by atoms with Crippen LogP contribution in [0.25, 0.3) is 0 Å². The number of thiocarbonyl (C=S) groups is 1. The van der Waals surface area contributed by atoms with Crippen LogP contribution in [0.4, 0.5) is 5.69 Å². The van der Waals surface area contributed by atoms with Crippen molar-refractivity contribution in [3.63, 3.8) is 0 Å². The molecular weight excluding hydrogens is 264 g/mol. The van der Waals surface area contributed by atoms with Gasteiger partial charge < -0.3 is 10.6 Å². The number of rotatable bonds is 3. The molecule has 0 bridgehead atoms. The molecule has 0 aromatic heterocycles. The van der Waals surface area contributed by atoms with Crippen molar-refractivity contribution >= 4 is 34.6 Å².